The molecule has 4 aromatic rings. The smallest absolute Gasteiger partial charge is 0.135 e. The van der Waals surface area contributed by atoms with Crippen LogP contribution < -0.4 is 15.4 Å². The van der Waals surface area contributed by atoms with Gasteiger partial charge in [0.05, 0.1) is 6.20 Å². The van der Waals surface area contributed by atoms with Gasteiger partial charge in [-0.15, -0.1) is 0 Å². The van der Waals surface area contributed by atoms with Gasteiger partial charge in [0.15, 0.2) is 0 Å². The monoisotopic (exact) mass is 447 g/mol. The Morgan fingerprint density at radius 1 is 1.06 bits per heavy atom. The van der Waals surface area contributed by atoms with Gasteiger partial charge in [0.25, 0.3) is 0 Å². The molecule has 0 saturated carbocycles. The molecule has 8 heteroatoms. The quantitative estimate of drug-likeness (QED) is 0.363. The molecule has 0 amide bonds. The number of hydrogen-bond donors (Lipinski definition) is 2. The van der Waals surface area contributed by atoms with E-state index >= 15 is 0 Å². The van der Waals surface area contributed by atoms with Crippen molar-refractivity contribution in [2.75, 3.05) is 5.32 Å². The van der Waals surface area contributed by atoms with Crippen LogP contribution in [0.3, 0.4) is 0 Å². The number of pyridine rings is 1. The molecule has 0 unspecified atom stereocenters. The van der Waals surface area contributed by atoms with Crippen molar-refractivity contribution in [3.8, 4) is 11.5 Å². The standard InChI is InChI=1S/C25H23F2N5O/c1-16-22(17(2)29-15-18-11-19(26)13-20(27)12-18)5-4-6-23(16)33-21-7-9-28-24(14-21)31-25-8-10-30-32(25)3/h4-14,29H,2,15H2,1,3H3,(H,28,31). The molecule has 6 nitrogen and oxygen atoms in total. The summed E-state index contributed by atoms with van der Waals surface area (Å²) in [6.45, 7) is 6.24. The van der Waals surface area contributed by atoms with Crippen LogP contribution >= 0.6 is 0 Å². The molecule has 2 aromatic heterocycles. The summed E-state index contributed by atoms with van der Waals surface area (Å²) in [5, 5.41) is 10.5. The summed E-state index contributed by atoms with van der Waals surface area (Å²) < 4.78 is 34.7. The Bertz CT molecular complexity index is 1280. The second-order valence-corrected chi connectivity index (χ2v) is 7.48. The summed E-state index contributed by atoms with van der Waals surface area (Å²) in [4.78, 5) is 4.32. The number of ether oxygens (including phenoxy) is 1. The molecule has 0 atom stereocenters. The molecular weight excluding hydrogens is 424 g/mol. The van der Waals surface area contributed by atoms with Crippen LogP contribution in [0.4, 0.5) is 20.4 Å². The first-order chi connectivity index (χ1) is 15.9. The summed E-state index contributed by atoms with van der Waals surface area (Å²) in [7, 11) is 1.84. The van der Waals surface area contributed by atoms with Crippen molar-refractivity contribution in [3.63, 3.8) is 0 Å². The number of aryl methyl sites for hydroxylation is 1. The van der Waals surface area contributed by atoms with E-state index in [1.165, 1.54) is 12.1 Å². The average molecular weight is 447 g/mol. The maximum absolute atomic E-state index is 13.4. The maximum atomic E-state index is 13.4. The topological polar surface area (TPSA) is 64.0 Å². The van der Waals surface area contributed by atoms with Gasteiger partial charge in [0, 0.05) is 54.8 Å². The molecule has 0 spiro atoms. The molecule has 0 saturated heterocycles. The normalized spacial score (nSPS) is 10.7. The zero-order valence-electron chi connectivity index (χ0n) is 18.3. The van der Waals surface area contributed by atoms with E-state index in [4.69, 9.17) is 4.74 Å². The number of hydrogen-bond acceptors (Lipinski definition) is 5. The number of benzene rings is 2. The predicted octanol–water partition coefficient (Wildman–Crippen LogP) is 5.70. The number of nitrogens with zero attached hydrogens (tertiary/aromatic N) is 3. The second-order valence-electron chi connectivity index (χ2n) is 7.48. The first-order valence-electron chi connectivity index (χ1n) is 10.3. The Labute approximate surface area is 190 Å². The van der Waals surface area contributed by atoms with Crippen molar-refractivity contribution in [3.05, 3.63) is 102 Å². The number of aromatic nitrogens is 3. The molecule has 0 fully saturated rings. The molecule has 2 heterocycles. The van der Waals surface area contributed by atoms with Crippen molar-refractivity contribution < 1.29 is 13.5 Å². The second kappa shape index (κ2) is 9.52. The van der Waals surface area contributed by atoms with Crippen LogP contribution in [0.2, 0.25) is 0 Å². The molecule has 0 aliphatic rings. The largest absolute Gasteiger partial charge is 0.457 e. The first kappa shape index (κ1) is 22.0. The van der Waals surface area contributed by atoms with Crippen LogP contribution in [0.15, 0.2) is 73.6 Å². The molecule has 2 N–H and O–H groups in total. The van der Waals surface area contributed by atoms with E-state index in [0.29, 0.717) is 28.6 Å². The SMILES string of the molecule is C=C(NCc1cc(F)cc(F)c1)c1cccc(Oc2ccnc(Nc3ccnn3C)c2)c1C. The predicted molar refractivity (Wildman–Crippen MR) is 124 cm³/mol. The lowest BCUT2D eigenvalue weighted by Crippen LogP contribution is -2.12. The van der Waals surface area contributed by atoms with Crippen LogP contribution in [0.1, 0.15) is 16.7 Å². The van der Waals surface area contributed by atoms with E-state index in [9.17, 15) is 8.78 Å². The van der Waals surface area contributed by atoms with E-state index in [2.05, 4.69) is 27.3 Å². The van der Waals surface area contributed by atoms with Crippen LogP contribution in [-0.4, -0.2) is 14.8 Å². The minimum atomic E-state index is -0.612. The number of anilines is 2. The lowest BCUT2D eigenvalue weighted by molar-refractivity contribution is 0.478. The molecule has 4 rings (SSSR count). The third-order valence-electron chi connectivity index (χ3n) is 5.07. The van der Waals surface area contributed by atoms with Gasteiger partial charge in [-0.3, -0.25) is 4.68 Å². The van der Waals surface area contributed by atoms with Gasteiger partial charge in [0.2, 0.25) is 0 Å². The van der Waals surface area contributed by atoms with Gasteiger partial charge in [-0.25, -0.2) is 13.8 Å². The van der Waals surface area contributed by atoms with Gasteiger partial charge in [-0.1, -0.05) is 18.7 Å². The van der Waals surface area contributed by atoms with Crippen LogP contribution in [0.25, 0.3) is 5.70 Å². The number of rotatable bonds is 8. The highest BCUT2D eigenvalue weighted by atomic mass is 19.1. The van der Waals surface area contributed by atoms with Crippen LogP contribution in [0, 0.1) is 18.6 Å². The Kier molecular flexibility index (Phi) is 6.35. The molecule has 0 aliphatic carbocycles. The van der Waals surface area contributed by atoms with Gasteiger partial charge >= 0.3 is 0 Å². The van der Waals surface area contributed by atoms with E-state index < -0.39 is 11.6 Å². The maximum Gasteiger partial charge on any atom is 0.135 e. The summed E-state index contributed by atoms with van der Waals surface area (Å²) in [5.74, 6) is 1.47. The average Bonchev–Trinajstić information content (AvgIpc) is 3.17. The van der Waals surface area contributed by atoms with E-state index in [1.54, 1.807) is 29.2 Å². The van der Waals surface area contributed by atoms with Crippen LogP contribution in [0.5, 0.6) is 11.5 Å². The van der Waals surface area contributed by atoms with Crippen molar-refractivity contribution in [1.29, 1.82) is 0 Å². The van der Waals surface area contributed by atoms with Gasteiger partial charge in [-0.05, 0) is 36.8 Å². The fourth-order valence-electron chi connectivity index (χ4n) is 3.37. The molecule has 0 bridgehead atoms. The molecule has 0 aliphatic heterocycles. The van der Waals surface area contributed by atoms with Gasteiger partial charge in [-0.2, -0.15) is 5.10 Å². The Morgan fingerprint density at radius 2 is 1.85 bits per heavy atom. The van der Waals surface area contributed by atoms with E-state index in [-0.39, 0.29) is 6.54 Å². The third-order valence-corrected chi connectivity index (χ3v) is 5.07. The first-order valence-corrected chi connectivity index (χ1v) is 10.3. The highest BCUT2D eigenvalue weighted by Crippen LogP contribution is 2.30. The van der Waals surface area contributed by atoms with E-state index in [1.807, 2.05) is 38.2 Å². The Morgan fingerprint density at radius 3 is 2.58 bits per heavy atom. The van der Waals surface area contributed by atoms with Crippen molar-refractivity contribution in [1.82, 2.24) is 20.1 Å². The van der Waals surface area contributed by atoms with Crippen LogP contribution in [-0.2, 0) is 13.6 Å². The summed E-state index contributed by atoms with van der Waals surface area (Å²) in [5.41, 5.74) is 2.82. The minimum Gasteiger partial charge on any atom is -0.457 e. The van der Waals surface area contributed by atoms with Gasteiger partial charge < -0.3 is 15.4 Å². The Hall–Kier alpha value is -4.20. The fraction of sp³-hybridized carbons (Fsp3) is 0.120. The van der Waals surface area contributed by atoms with Crippen molar-refractivity contribution in [2.24, 2.45) is 7.05 Å². The molecule has 2 aromatic carbocycles. The molecular formula is C25H23F2N5O. The summed E-state index contributed by atoms with van der Waals surface area (Å²) in [6, 6.07) is 14.5. The highest BCUT2D eigenvalue weighted by Gasteiger charge is 2.11. The zero-order valence-corrected chi connectivity index (χ0v) is 18.3. The minimum absolute atomic E-state index is 0.242. The summed E-state index contributed by atoms with van der Waals surface area (Å²) in [6.07, 6.45) is 3.36. The molecule has 0 radical (unpaired) electrons. The van der Waals surface area contributed by atoms with E-state index in [0.717, 1.165) is 23.0 Å². The number of nitrogens with one attached hydrogen (secondary N) is 2. The lowest BCUT2D eigenvalue weighted by Gasteiger charge is -2.16. The Balaban J connectivity index is 1.47. The lowest BCUT2D eigenvalue weighted by atomic mass is 10.0. The summed E-state index contributed by atoms with van der Waals surface area (Å²) >= 11 is 0. The van der Waals surface area contributed by atoms with Crippen molar-refractivity contribution >= 4 is 17.3 Å². The third kappa shape index (κ3) is 5.35. The van der Waals surface area contributed by atoms with Crippen molar-refractivity contribution in [2.45, 2.75) is 13.5 Å². The molecule has 168 valence electrons. The van der Waals surface area contributed by atoms with Gasteiger partial charge in [0.1, 0.15) is 34.8 Å². The highest BCUT2D eigenvalue weighted by molar-refractivity contribution is 5.67. The zero-order chi connectivity index (χ0) is 23.4. The number of halogens is 2. The fourth-order valence-corrected chi connectivity index (χ4v) is 3.37. The molecule has 33 heavy (non-hydrogen) atoms.